The summed E-state index contributed by atoms with van der Waals surface area (Å²) >= 11 is 0. The normalized spacial score (nSPS) is 16.5. The maximum absolute atomic E-state index is 5.46. The topological polar surface area (TPSA) is 21.7 Å². The second-order valence-electron chi connectivity index (χ2n) is 4.44. The van der Waals surface area contributed by atoms with E-state index in [1.165, 1.54) is 31.4 Å². The van der Waals surface area contributed by atoms with Gasteiger partial charge in [0.15, 0.2) is 0 Å². The number of ether oxygens (including phenoxy) is 2. The molecule has 0 spiro atoms. The standard InChI is InChI=1S/C14H21NO2/c1-16-12-7-8-13(14(11-12)17-2)15-9-5-3-4-6-10-15/h7-8,11H,3-6,9-10H2,1-2H3. The Morgan fingerprint density at radius 2 is 1.65 bits per heavy atom. The minimum absolute atomic E-state index is 0.848. The molecule has 0 N–H and O–H groups in total. The number of methoxy groups -OCH3 is 2. The van der Waals surface area contributed by atoms with Crippen molar-refractivity contribution in [1.82, 2.24) is 0 Å². The van der Waals surface area contributed by atoms with Crippen molar-refractivity contribution in [1.29, 1.82) is 0 Å². The monoisotopic (exact) mass is 235 g/mol. The Morgan fingerprint density at radius 1 is 0.941 bits per heavy atom. The molecule has 94 valence electrons. The number of benzene rings is 1. The van der Waals surface area contributed by atoms with Gasteiger partial charge in [-0.2, -0.15) is 0 Å². The third-order valence-electron chi connectivity index (χ3n) is 3.33. The number of hydrogen-bond donors (Lipinski definition) is 0. The van der Waals surface area contributed by atoms with Gasteiger partial charge in [-0.25, -0.2) is 0 Å². The van der Waals surface area contributed by atoms with Gasteiger partial charge in [-0.3, -0.25) is 0 Å². The summed E-state index contributed by atoms with van der Waals surface area (Å²) in [7, 11) is 3.40. The summed E-state index contributed by atoms with van der Waals surface area (Å²) < 4.78 is 10.7. The van der Waals surface area contributed by atoms with Crippen molar-refractivity contribution in [3.8, 4) is 11.5 Å². The Balaban J connectivity index is 2.23. The van der Waals surface area contributed by atoms with Crippen molar-refractivity contribution in [3.63, 3.8) is 0 Å². The van der Waals surface area contributed by atoms with E-state index in [-0.39, 0.29) is 0 Å². The molecule has 3 nitrogen and oxygen atoms in total. The molecule has 3 heteroatoms. The molecule has 1 aromatic rings. The summed E-state index contributed by atoms with van der Waals surface area (Å²) in [6, 6.07) is 6.06. The van der Waals surface area contributed by atoms with E-state index in [0.717, 1.165) is 24.6 Å². The van der Waals surface area contributed by atoms with Gasteiger partial charge in [0.05, 0.1) is 19.9 Å². The summed E-state index contributed by atoms with van der Waals surface area (Å²) in [5.41, 5.74) is 1.19. The number of nitrogens with zero attached hydrogens (tertiary/aromatic N) is 1. The summed E-state index contributed by atoms with van der Waals surface area (Å²) in [6.07, 6.45) is 5.23. The van der Waals surface area contributed by atoms with Crippen LogP contribution in [0.5, 0.6) is 11.5 Å². The van der Waals surface area contributed by atoms with E-state index >= 15 is 0 Å². The molecule has 0 aliphatic carbocycles. The number of anilines is 1. The first-order valence-corrected chi connectivity index (χ1v) is 6.32. The first-order valence-electron chi connectivity index (χ1n) is 6.32. The first-order chi connectivity index (χ1) is 8.35. The van der Waals surface area contributed by atoms with Crippen molar-refractivity contribution >= 4 is 5.69 Å². The van der Waals surface area contributed by atoms with Gasteiger partial charge in [0.2, 0.25) is 0 Å². The number of rotatable bonds is 3. The Hall–Kier alpha value is -1.38. The van der Waals surface area contributed by atoms with Gasteiger partial charge in [-0.05, 0) is 25.0 Å². The van der Waals surface area contributed by atoms with Crippen LogP contribution in [0.1, 0.15) is 25.7 Å². The molecule has 1 aliphatic heterocycles. The molecule has 1 aromatic carbocycles. The smallest absolute Gasteiger partial charge is 0.145 e. The highest BCUT2D eigenvalue weighted by molar-refractivity contribution is 5.61. The predicted octanol–water partition coefficient (Wildman–Crippen LogP) is 3.08. The fourth-order valence-electron chi connectivity index (χ4n) is 2.36. The molecule has 1 saturated heterocycles. The summed E-state index contributed by atoms with van der Waals surface area (Å²) in [6.45, 7) is 2.26. The van der Waals surface area contributed by atoms with Crippen molar-refractivity contribution in [2.45, 2.75) is 25.7 Å². The highest BCUT2D eigenvalue weighted by Crippen LogP contribution is 2.33. The van der Waals surface area contributed by atoms with Crippen LogP contribution in [0, 0.1) is 0 Å². The van der Waals surface area contributed by atoms with E-state index in [2.05, 4.69) is 11.0 Å². The van der Waals surface area contributed by atoms with Crippen LogP contribution >= 0.6 is 0 Å². The van der Waals surface area contributed by atoms with Gasteiger partial charge in [0.1, 0.15) is 11.5 Å². The molecule has 0 bridgehead atoms. The van der Waals surface area contributed by atoms with Crippen molar-refractivity contribution in [3.05, 3.63) is 18.2 Å². The SMILES string of the molecule is COc1ccc(N2CCCCCC2)c(OC)c1. The Bertz CT molecular complexity index is 357. The zero-order valence-corrected chi connectivity index (χ0v) is 10.7. The van der Waals surface area contributed by atoms with Crippen LogP contribution in [0.3, 0.4) is 0 Å². The molecule has 1 aliphatic rings. The Kier molecular flexibility index (Phi) is 4.13. The molecule has 1 fully saturated rings. The third-order valence-corrected chi connectivity index (χ3v) is 3.33. The van der Waals surface area contributed by atoms with Gasteiger partial charge in [-0.15, -0.1) is 0 Å². The molecular formula is C14H21NO2. The lowest BCUT2D eigenvalue weighted by Crippen LogP contribution is -2.24. The second kappa shape index (κ2) is 5.80. The fraction of sp³-hybridized carbons (Fsp3) is 0.571. The van der Waals surface area contributed by atoms with Gasteiger partial charge in [0, 0.05) is 19.2 Å². The van der Waals surface area contributed by atoms with Crippen LogP contribution in [-0.4, -0.2) is 27.3 Å². The lowest BCUT2D eigenvalue weighted by Gasteiger charge is -2.24. The first kappa shape index (κ1) is 12.1. The minimum Gasteiger partial charge on any atom is -0.497 e. The van der Waals surface area contributed by atoms with Gasteiger partial charge < -0.3 is 14.4 Å². The van der Waals surface area contributed by atoms with Crippen LogP contribution < -0.4 is 14.4 Å². The molecule has 0 amide bonds. The average molecular weight is 235 g/mol. The van der Waals surface area contributed by atoms with E-state index in [9.17, 15) is 0 Å². The van der Waals surface area contributed by atoms with E-state index in [0.29, 0.717) is 0 Å². The minimum atomic E-state index is 0.848. The summed E-state index contributed by atoms with van der Waals surface area (Å²) in [5.74, 6) is 1.76. The van der Waals surface area contributed by atoms with Crippen molar-refractivity contribution in [2.24, 2.45) is 0 Å². The van der Waals surface area contributed by atoms with E-state index in [4.69, 9.17) is 9.47 Å². The summed E-state index contributed by atoms with van der Waals surface area (Å²) in [4.78, 5) is 2.42. The Labute approximate surface area is 103 Å². The molecule has 0 radical (unpaired) electrons. The quantitative estimate of drug-likeness (QED) is 0.803. The molecule has 2 rings (SSSR count). The molecule has 1 heterocycles. The van der Waals surface area contributed by atoms with Crippen LogP contribution in [0.25, 0.3) is 0 Å². The highest BCUT2D eigenvalue weighted by Gasteiger charge is 2.14. The van der Waals surface area contributed by atoms with Crippen molar-refractivity contribution < 1.29 is 9.47 Å². The van der Waals surface area contributed by atoms with E-state index in [1.54, 1.807) is 14.2 Å². The molecule has 0 saturated carbocycles. The maximum atomic E-state index is 5.46. The Morgan fingerprint density at radius 3 is 2.24 bits per heavy atom. The molecular weight excluding hydrogens is 214 g/mol. The lowest BCUT2D eigenvalue weighted by molar-refractivity contribution is 0.394. The van der Waals surface area contributed by atoms with Crippen LogP contribution in [0.15, 0.2) is 18.2 Å². The highest BCUT2D eigenvalue weighted by atomic mass is 16.5. The number of hydrogen-bond acceptors (Lipinski definition) is 3. The third kappa shape index (κ3) is 2.84. The summed E-state index contributed by atoms with van der Waals surface area (Å²) in [5, 5.41) is 0. The van der Waals surface area contributed by atoms with Crippen LogP contribution in [-0.2, 0) is 0 Å². The molecule has 17 heavy (non-hydrogen) atoms. The van der Waals surface area contributed by atoms with Gasteiger partial charge in [-0.1, -0.05) is 12.8 Å². The van der Waals surface area contributed by atoms with E-state index in [1.807, 2.05) is 12.1 Å². The van der Waals surface area contributed by atoms with Crippen LogP contribution in [0.4, 0.5) is 5.69 Å². The second-order valence-corrected chi connectivity index (χ2v) is 4.44. The largest absolute Gasteiger partial charge is 0.497 e. The molecule has 0 aromatic heterocycles. The van der Waals surface area contributed by atoms with Gasteiger partial charge in [0.25, 0.3) is 0 Å². The maximum Gasteiger partial charge on any atom is 0.145 e. The zero-order valence-electron chi connectivity index (χ0n) is 10.7. The van der Waals surface area contributed by atoms with Crippen molar-refractivity contribution in [2.75, 3.05) is 32.2 Å². The van der Waals surface area contributed by atoms with E-state index < -0.39 is 0 Å². The predicted molar refractivity (Wildman–Crippen MR) is 70.2 cm³/mol. The average Bonchev–Trinajstić information content (AvgIpc) is 2.66. The fourth-order valence-corrected chi connectivity index (χ4v) is 2.36. The molecule has 0 unspecified atom stereocenters. The zero-order chi connectivity index (χ0) is 12.1. The van der Waals surface area contributed by atoms with Crippen LogP contribution in [0.2, 0.25) is 0 Å². The molecule has 0 atom stereocenters. The van der Waals surface area contributed by atoms with Gasteiger partial charge >= 0.3 is 0 Å². The lowest BCUT2D eigenvalue weighted by atomic mass is 10.2.